The van der Waals surface area contributed by atoms with Crippen LogP contribution in [-0.4, -0.2) is 16.8 Å². The van der Waals surface area contributed by atoms with Gasteiger partial charge in [0.25, 0.3) is 0 Å². The smallest absolute Gasteiger partial charge is 0.103 e. The predicted molar refractivity (Wildman–Crippen MR) is 70.5 cm³/mol. The zero-order chi connectivity index (χ0) is 11.3. The monoisotopic (exact) mass is 244 g/mol. The molecule has 0 bridgehead atoms. The summed E-state index contributed by atoms with van der Waals surface area (Å²) in [6.07, 6.45) is 0.908. The van der Waals surface area contributed by atoms with Gasteiger partial charge in [0.1, 0.15) is 5.01 Å². The van der Waals surface area contributed by atoms with Gasteiger partial charge in [0.15, 0.2) is 0 Å². The molecule has 0 aromatic carbocycles. The first-order valence-electron chi connectivity index (χ1n) is 5.40. The molecule has 0 fully saturated rings. The summed E-state index contributed by atoms with van der Waals surface area (Å²) in [7, 11) is 0. The Balaban J connectivity index is 2.45. The highest BCUT2D eigenvalue weighted by molar-refractivity contribution is 7.98. The van der Waals surface area contributed by atoms with Gasteiger partial charge in [0, 0.05) is 23.6 Å². The van der Waals surface area contributed by atoms with Crippen molar-refractivity contribution in [1.82, 2.24) is 4.98 Å². The second kappa shape index (κ2) is 6.51. The van der Waals surface area contributed by atoms with Gasteiger partial charge in [0.05, 0.1) is 5.69 Å². The third-order valence-electron chi connectivity index (χ3n) is 2.33. The van der Waals surface area contributed by atoms with Gasteiger partial charge in [-0.25, -0.2) is 4.98 Å². The Morgan fingerprint density at radius 1 is 1.53 bits per heavy atom. The van der Waals surface area contributed by atoms with Gasteiger partial charge in [-0.05, 0) is 11.7 Å². The first kappa shape index (κ1) is 13.0. The van der Waals surface area contributed by atoms with Crippen LogP contribution in [0.2, 0.25) is 0 Å². The number of nitrogens with two attached hydrogens (primary N) is 1. The molecule has 0 radical (unpaired) electrons. The van der Waals surface area contributed by atoms with Crippen LogP contribution in [0.3, 0.4) is 0 Å². The number of rotatable bonds is 6. The molecule has 0 spiro atoms. The fraction of sp³-hybridized carbons (Fsp3) is 0.727. The normalized spacial score (nSPS) is 13.4. The quantitative estimate of drug-likeness (QED) is 0.836. The molecule has 86 valence electrons. The lowest BCUT2D eigenvalue weighted by atomic mass is 10.0. The fourth-order valence-corrected chi connectivity index (χ4v) is 2.73. The van der Waals surface area contributed by atoms with Gasteiger partial charge in [-0.3, -0.25) is 0 Å². The second-order valence-corrected chi connectivity index (χ2v) is 6.20. The highest BCUT2D eigenvalue weighted by Gasteiger charge is 2.10. The summed E-state index contributed by atoms with van der Waals surface area (Å²) in [5.41, 5.74) is 7.18. The molecule has 0 saturated carbocycles. The van der Waals surface area contributed by atoms with Crippen molar-refractivity contribution in [2.24, 2.45) is 11.7 Å². The summed E-state index contributed by atoms with van der Waals surface area (Å²) in [6, 6.07) is 0.235. The molecule has 0 amide bonds. The largest absolute Gasteiger partial charge is 0.327 e. The van der Waals surface area contributed by atoms with Gasteiger partial charge in [-0.2, -0.15) is 11.8 Å². The van der Waals surface area contributed by atoms with E-state index in [1.54, 1.807) is 11.3 Å². The van der Waals surface area contributed by atoms with Crippen molar-refractivity contribution in [2.75, 3.05) is 5.75 Å². The van der Waals surface area contributed by atoms with Crippen LogP contribution < -0.4 is 5.73 Å². The van der Waals surface area contributed by atoms with Gasteiger partial charge in [0.2, 0.25) is 0 Å². The molecule has 1 rings (SSSR count). The molecule has 0 saturated heterocycles. The molecule has 0 aliphatic rings. The molecule has 1 aromatic heterocycles. The minimum atomic E-state index is 0.235. The van der Waals surface area contributed by atoms with E-state index in [4.69, 9.17) is 5.73 Å². The molecular formula is C11H20N2S2. The highest BCUT2D eigenvalue weighted by atomic mass is 32.2. The fourth-order valence-electron chi connectivity index (χ4n) is 1.18. The lowest BCUT2D eigenvalue weighted by Gasteiger charge is -2.13. The number of thiazole rings is 1. The summed E-state index contributed by atoms with van der Waals surface area (Å²) < 4.78 is 0. The molecular weight excluding hydrogens is 224 g/mol. The van der Waals surface area contributed by atoms with Gasteiger partial charge in [-0.15, -0.1) is 11.3 Å². The molecule has 0 aliphatic heterocycles. The van der Waals surface area contributed by atoms with E-state index >= 15 is 0 Å². The van der Waals surface area contributed by atoms with Crippen LogP contribution in [0.4, 0.5) is 0 Å². The van der Waals surface area contributed by atoms with E-state index in [0.29, 0.717) is 5.92 Å². The SMILES string of the molecule is CCSCc1nc(CC(N)C(C)C)cs1. The third-order valence-corrected chi connectivity index (χ3v) is 4.30. The van der Waals surface area contributed by atoms with Crippen molar-refractivity contribution >= 4 is 23.1 Å². The van der Waals surface area contributed by atoms with Crippen molar-refractivity contribution in [3.8, 4) is 0 Å². The summed E-state index contributed by atoms with van der Waals surface area (Å²) in [6.45, 7) is 6.49. The molecule has 15 heavy (non-hydrogen) atoms. The molecule has 0 aliphatic carbocycles. The third kappa shape index (κ3) is 4.53. The average molecular weight is 244 g/mol. The standard InChI is InChI=1S/C11H20N2S2/c1-4-14-7-11-13-9(6-15-11)5-10(12)8(2)3/h6,8,10H,4-5,7,12H2,1-3H3. The maximum Gasteiger partial charge on any atom is 0.103 e. The number of nitrogens with zero attached hydrogens (tertiary/aromatic N) is 1. The molecule has 1 atom stereocenters. The first-order valence-corrected chi connectivity index (χ1v) is 7.43. The van der Waals surface area contributed by atoms with Crippen LogP contribution in [0.25, 0.3) is 0 Å². The van der Waals surface area contributed by atoms with E-state index < -0.39 is 0 Å². The summed E-state index contributed by atoms with van der Waals surface area (Å²) in [5.74, 6) is 2.72. The van der Waals surface area contributed by atoms with Gasteiger partial charge < -0.3 is 5.73 Å². The molecule has 2 N–H and O–H groups in total. The topological polar surface area (TPSA) is 38.9 Å². The Kier molecular flexibility index (Phi) is 5.64. The van der Waals surface area contributed by atoms with Crippen LogP contribution in [-0.2, 0) is 12.2 Å². The van der Waals surface area contributed by atoms with E-state index in [-0.39, 0.29) is 6.04 Å². The summed E-state index contributed by atoms with van der Waals surface area (Å²) >= 11 is 3.67. The van der Waals surface area contributed by atoms with E-state index in [0.717, 1.165) is 23.6 Å². The van der Waals surface area contributed by atoms with Crippen molar-refractivity contribution in [2.45, 2.75) is 39.0 Å². The number of thioether (sulfide) groups is 1. The van der Waals surface area contributed by atoms with E-state index in [1.807, 2.05) is 11.8 Å². The minimum absolute atomic E-state index is 0.235. The van der Waals surface area contributed by atoms with Crippen LogP contribution in [0.5, 0.6) is 0 Å². The Hall–Kier alpha value is -0.0600. The van der Waals surface area contributed by atoms with Crippen LogP contribution in [0.1, 0.15) is 31.5 Å². The predicted octanol–water partition coefficient (Wildman–Crippen LogP) is 2.92. The molecule has 1 heterocycles. The van der Waals surface area contributed by atoms with Crippen LogP contribution in [0.15, 0.2) is 5.38 Å². The molecule has 1 aromatic rings. The molecule has 4 heteroatoms. The first-order chi connectivity index (χ1) is 7.13. The minimum Gasteiger partial charge on any atom is -0.327 e. The van der Waals surface area contributed by atoms with E-state index in [1.165, 1.54) is 5.01 Å². The van der Waals surface area contributed by atoms with Gasteiger partial charge >= 0.3 is 0 Å². The second-order valence-electron chi connectivity index (χ2n) is 3.98. The summed E-state index contributed by atoms with van der Waals surface area (Å²) in [4.78, 5) is 4.59. The lowest BCUT2D eigenvalue weighted by molar-refractivity contribution is 0.487. The molecule has 2 nitrogen and oxygen atoms in total. The lowest BCUT2D eigenvalue weighted by Crippen LogP contribution is -2.28. The van der Waals surface area contributed by atoms with Crippen molar-refractivity contribution < 1.29 is 0 Å². The number of hydrogen-bond donors (Lipinski definition) is 1. The molecule has 1 unspecified atom stereocenters. The van der Waals surface area contributed by atoms with E-state index in [9.17, 15) is 0 Å². The Labute approximate surface area is 101 Å². The van der Waals surface area contributed by atoms with Crippen LogP contribution in [0, 0.1) is 5.92 Å². The zero-order valence-electron chi connectivity index (χ0n) is 9.69. The highest BCUT2D eigenvalue weighted by Crippen LogP contribution is 2.18. The maximum absolute atomic E-state index is 6.02. The Morgan fingerprint density at radius 3 is 2.87 bits per heavy atom. The number of hydrogen-bond acceptors (Lipinski definition) is 4. The number of aromatic nitrogens is 1. The average Bonchev–Trinajstić information content (AvgIpc) is 2.62. The van der Waals surface area contributed by atoms with Crippen molar-refractivity contribution in [3.63, 3.8) is 0 Å². The van der Waals surface area contributed by atoms with Crippen LogP contribution >= 0.6 is 23.1 Å². The van der Waals surface area contributed by atoms with Crippen molar-refractivity contribution in [3.05, 3.63) is 16.1 Å². The Morgan fingerprint density at radius 2 is 2.27 bits per heavy atom. The van der Waals surface area contributed by atoms with Gasteiger partial charge in [-0.1, -0.05) is 20.8 Å². The zero-order valence-corrected chi connectivity index (χ0v) is 11.3. The maximum atomic E-state index is 6.02. The Bertz CT molecular complexity index is 284. The van der Waals surface area contributed by atoms with Crippen molar-refractivity contribution in [1.29, 1.82) is 0 Å². The summed E-state index contributed by atoms with van der Waals surface area (Å²) in [5, 5.41) is 3.38. The van der Waals surface area contributed by atoms with E-state index in [2.05, 4.69) is 31.1 Å².